The largest absolute Gasteiger partial charge is 0.489 e. The first kappa shape index (κ1) is 13.3. The molecule has 1 aromatic rings. The average molecular weight is 295 g/mol. The van der Waals surface area contributed by atoms with Crippen LogP contribution in [-0.4, -0.2) is 19.2 Å². The number of ether oxygens (including phenoxy) is 1. The third-order valence-corrected chi connectivity index (χ3v) is 3.81. The Labute approximate surface area is 116 Å². The standard InChI is InChI=1S/C12H14Cl3NO/c13-9-6-11(15)12(7-10(9)14)17-8-2-1-4-16-5-3-8/h6-8,16H,1-5H2. The highest BCUT2D eigenvalue weighted by Crippen LogP contribution is 2.35. The van der Waals surface area contributed by atoms with Gasteiger partial charge in [-0.05, 0) is 38.4 Å². The van der Waals surface area contributed by atoms with Gasteiger partial charge in [0.2, 0.25) is 0 Å². The van der Waals surface area contributed by atoms with Gasteiger partial charge in [0, 0.05) is 6.07 Å². The second kappa shape index (κ2) is 6.14. The Hall–Kier alpha value is -0.150. The van der Waals surface area contributed by atoms with E-state index in [-0.39, 0.29) is 6.10 Å². The molecule has 0 radical (unpaired) electrons. The minimum atomic E-state index is 0.194. The van der Waals surface area contributed by atoms with Gasteiger partial charge in [-0.2, -0.15) is 0 Å². The van der Waals surface area contributed by atoms with E-state index >= 15 is 0 Å². The fourth-order valence-corrected chi connectivity index (χ4v) is 2.46. The zero-order chi connectivity index (χ0) is 12.3. The molecule has 1 unspecified atom stereocenters. The van der Waals surface area contributed by atoms with Gasteiger partial charge in [0.25, 0.3) is 0 Å². The van der Waals surface area contributed by atoms with Crippen LogP contribution >= 0.6 is 34.8 Å². The number of hydrogen-bond acceptors (Lipinski definition) is 2. The van der Waals surface area contributed by atoms with Crippen LogP contribution in [0, 0.1) is 0 Å². The Morgan fingerprint density at radius 2 is 1.76 bits per heavy atom. The first-order chi connectivity index (χ1) is 8.16. The quantitative estimate of drug-likeness (QED) is 0.827. The van der Waals surface area contributed by atoms with Crippen molar-refractivity contribution in [1.29, 1.82) is 0 Å². The van der Waals surface area contributed by atoms with E-state index < -0.39 is 0 Å². The molecule has 0 saturated carbocycles. The highest BCUT2D eigenvalue weighted by molar-refractivity contribution is 6.43. The molecule has 5 heteroatoms. The molecular weight excluding hydrogens is 280 g/mol. The molecule has 1 aliphatic heterocycles. The number of halogens is 3. The van der Waals surface area contributed by atoms with Crippen LogP contribution < -0.4 is 10.1 Å². The van der Waals surface area contributed by atoms with Gasteiger partial charge in [-0.3, -0.25) is 0 Å². The number of benzene rings is 1. The van der Waals surface area contributed by atoms with Gasteiger partial charge in [0.1, 0.15) is 11.9 Å². The fourth-order valence-electron chi connectivity index (χ4n) is 1.88. The van der Waals surface area contributed by atoms with Crippen LogP contribution in [0.1, 0.15) is 19.3 Å². The summed E-state index contributed by atoms with van der Waals surface area (Å²) in [5.41, 5.74) is 0. The van der Waals surface area contributed by atoms with E-state index in [9.17, 15) is 0 Å². The lowest BCUT2D eigenvalue weighted by atomic mass is 10.1. The predicted molar refractivity (Wildman–Crippen MR) is 72.6 cm³/mol. The van der Waals surface area contributed by atoms with E-state index in [1.54, 1.807) is 12.1 Å². The number of nitrogens with one attached hydrogen (secondary N) is 1. The van der Waals surface area contributed by atoms with E-state index in [4.69, 9.17) is 39.5 Å². The Morgan fingerprint density at radius 3 is 2.59 bits per heavy atom. The molecule has 0 spiro atoms. The van der Waals surface area contributed by atoms with E-state index in [2.05, 4.69) is 5.32 Å². The van der Waals surface area contributed by atoms with E-state index in [1.165, 1.54) is 0 Å². The van der Waals surface area contributed by atoms with Crippen molar-refractivity contribution in [3.05, 3.63) is 27.2 Å². The lowest BCUT2D eigenvalue weighted by molar-refractivity contribution is 0.187. The van der Waals surface area contributed by atoms with Crippen molar-refractivity contribution in [2.75, 3.05) is 13.1 Å². The smallest absolute Gasteiger partial charge is 0.139 e. The summed E-state index contributed by atoms with van der Waals surface area (Å²) in [6.45, 7) is 2.03. The van der Waals surface area contributed by atoms with Crippen molar-refractivity contribution in [2.24, 2.45) is 0 Å². The van der Waals surface area contributed by atoms with Gasteiger partial charge < -0.3 is 10.1 Å². The third-order valence-electron chi connectivity index (χ3n) is 2.79. The van der Waals surface area contributed by atoms with Crippen LogP contribution in [0.3, 0.4) is 0 Å². The fraction of sp³-hybridized carbons (Fsp3) is 0.500. The Morgan fingerprint density at radius 1 is 1.00 bits per heavy atom. The molecule has 1 heterocycles. The van der Waals surface area contributed by atoms with Gasteiger partial charge in [0.05, 0.1) is 15.1 Å². The summed E-state index contributed by atoms with van der Waals surface area (Å²) in [5.74, 6) is 0.618. The molecule has 0 aliphatic carbocycles. The highest BCUT2D eigenvalue weighted by Gasteiger charge is 2.16. The SMILES string of the molecule is Clc1cc(Cl)c(OC2CCCNCC2)cc1Cl. The minimum absolute atomic E-state index is 0.194. The van der Waals surface area contributed by atoms with Gasteiger partial charge in [-0.25, -0.2) is 0 Å². The van der Waals surface area contributed by atoms with Crippen LogP contribution in [0.5, 0.6) is 5.75 Å². The second-order valence-corrected chi connectivity index (χ2v) is 5.34. The van der Waals surface area contributed by atoms with Crippen molar-refractivity contribution >= 4 is 34.8 Å². The van der Waals surface area contributed by atoms with Crippen LogP contribution in [0.2, 0.25) is 15.1 Å². The molecule has 1 saturated heterocycles. The topological polar surface area (TPSA) is 21.3 Å². The maximum absolute atomic E-state index is 6.08. The lowest BCUT2D eigenvalue weighted by Crippen LogP contribution is -2.19. The summed E-state index contributed by atoms with van der Waals surface area (Å²) in [6.07, 6.45) is 3.32. The zero-order valence-electron chi connectivity index (χ0n) is 9.31. The second-order valence-electron chi connectivity index (χ2n) is 4.12. The molecule has 1 aliphatic rings. The molecule has 0 aromatic heterocycles. The van der Waals surface area contributed by atoms with Crippen molar-refractivity contribution in [3.63, 3.8) is 0 Å². The van der Waals surface area contributed by atoms with E-state index in [0.29, 0.717) is 20.8 Å². The molecule has 1 fully saturated rings. The third kappa shape index (κ3) is 3.65. The molecule has 0 bridgehead atoms. The molecule has 94 valence electrons. The predicted octanol–water partition coefficient (Wildman–Crippen LogP) is 4.17. The van der Waals surface area contributed by atoms with Gasteiger partial charge in [0.15, 0.2) is 0 Å². The monoisotopic (exact) mass is 293 g/mol. The van der Waals surface area contributed by atoms with Crippen molar-refractivity contribution in [2.45, 2.75) is 25.4 Å². The van der Waals surface area contributed by atoms with Gasteiger partial charge in [-0.1, -0.05) is 34.8 Å². The summed E-state index contributed by atoms with van der Waals surface area (Å²) in [7, 11) is 0. The summed E-state index contributed by atoms with van der Waals surface area (Å²) in [5, 5.41) is 4.77. The van der Waals surface area contributed by atoms with Crippen molar-refractivity contribution in [3.8, 4) is 5.75 Å². The average Bonchev–Trinajstić information content (AvgIpc) is 2.54. The molecule has 2 rings (SSSR count). The van der Waals surface area contributed by atoms with Gasteiger partial charge >= 0.3 is 0 Å². The molecule has 0 amide bonds. The lowest BCUT2D eigenvalue weighted by Gasteiger charge is -2.18. The molecule has 1 atom stereocenters. The van der Waals surface area contributed by atoms with Crippen molar-refractivity contribution in [1.82, 2.24) is 5.32 Å². The molecule has 2 nitrogen and oxygen atoms in total. The summed E-state index contributed by atoms with van der Waals surface area (Å²) < 4.78 is 5.89. The zero-order valence-corrected chi connectivity index (χ0v) is 11.6. The van der Waals surface area contributed by atoms with E-state index in [1.807, 2.05) is 0 Å². The molecule has 1 N–H and O–H groups in total. The minimum Gasteiger partial charge on any atom is -0.489 e. The Kier molecular flexibility index (Phi) is 4.80. The van der Waals surface area contributed by atoms with Crippen molar-refractivity contribution < 1.29 is 4.74 Å². The molecule has 1 aromatic carbocycles. The summed E-state index contributed by atoms with van der Waals surface area (Å²) >= 11 is 17.9. The molecule has 17 heavy (non-hydrogen) atoms. The Bertz CT molecular complexity index is 390. The van der Waals surface area contributed by atoms with Gasteiger partial charge in [-0.15, -0.1) is 0 Å². The summed E-state index contributed by atoms with van der Waals surface area (Å²) in [4.78, 5) is 0. The first-order valence-electron chi connectivity index (χ1n) is 5.69. The van der Waals surface area contributed by atoms with Crippen LogP contribution in [0.4, 0.5) is 0 Å². The Balaban J connectivity index is 2.09. The molecular formula is C12H14Cl3NO. The first-order valence-corrected chi connectivity index (χ1v) is 6.82. The van der Waals surface area contributed by atoms with Crippen LogP contribution in [0.25, 0.3) is 0 Å². The highest BCUT2D eigenvalue weighted by atomic mass is 35.5. The van der Waals surface area contributed by atoms with E-state index in [0.717, 1.165) is 32.4 Å². The van der Waals surface area contributed by atoms with Crippen LogP contribution in [-0.2, 0) is 0 Å². The maximum Gasteiger partial charge on any atom is 0.139 e. The normalized spacial score (nSPS) is 21.0. The number of rotatable bonds is 2. The summed E-state index contributed by atoms with van der Waals surface area (Å²) in [6, 6.07) is 3.31. The maximum atomic E-state index is 6.08. The number of hydrogen-bond donors (Lipinski definition) is 1. The van der Waals surface area contributed by atoms with Crippen LogP contribution in [0.15, 0.2) is 12.1 Å².